The highest BCUT2D eigenvalue weighted by Crippen LogP contribution is 2.15. The summed E-state index contributed by atoms with van der Waals surface area (Å²) in [5, 5.41) is 6.32. The van der Waals surface area contributed by atoms with E-state index < -0.39 is 18.6 Å². The van der Waals surface area contributed by atoms with Gasteiger partial charge in [0.15, 0.2) is 5.96 Å². The van der Waals surface area contributed by atoms with Crippen molar-refractivity contribution in [3.8, 4) is 0 Å². The lowest BCUT2D eigenvalue weighted by Crippen LogP contribution is -2.49. The zero-order valence-electron chi connectivity index (χ0n) is 16.8. The number of alkyl halides is 3. The molecule has 1 saturated heterocycles. The number of ether oxygens (including phenoxy) is 1. The number of piperidine rings is 1. The fourth-order valence-corrected chi connectivity index (χ4v) is 2.87. The van der Waals surface area contributed by atoms with Crippen LogP contribution in [0.3, 0.4) is 0 Å². The molecule has 0 aliphatic carbocycles. The number of aliphatic imine (C=N–C) groups is 1. The summed E-state index contributed by atoms with van der Waals surface area (Å²) in [7, 11) is 2.83. The zero-order valence-corrected chi connectivity index (χ0v) is 19.2. The van der Waals surface area contributed by atoms with Crippen molar-refractivity contribution in [3.05, 3.63) is 0 Å². The Morgan fingerprint density at radius 3 is 2.50 bits per heavy atom. The molecule has 0 atom stereocenters. The van der Waals surface area contributed by atoms with E-state index in [0.29, 0.717) is 17.4 Å². The molecule has 2 N–H and O–H groups in total. The van der Waals surface area contributed by atoms with Crippen LogP contribution in [0, 0.1) is 0 Å². The number of amides is 1. The van der Waals surface area contributed by atoms with Gasteiger partial charge in [0, 0.05) is 53.0 Å². The average molecular weight is 523 g/mol. The van der Waals surface area contributed by atoms with Crippen LogP contribution in [0.5, 0.6) is 0 Å². The highest BCUT2D eigenvalue weighted by Gasteiger charge is 2.31. The maximum atomic E-state index is 12.4. The van der Waals surface area contributed by atoms with E-state index in [1.807, 2.05) is 6.92 Å². The summed E-state index contributed by atoms with van der Waals surface area (Å²) in [6.45, 7) is 4.61. The molecule has 0 spiro atoms. The standard InChI is InChI=1S/C17H32F3N5O2.HI/c1-4-21-16(22-12-15(26)24(2)13-17(18,19)20)23-14-6-9-25(10-7-14)8-5-11-27-3;/h14H,4-13H2,1-3H3,(H2,21,22,23);1H. The van der Waals surface area contributed by atoms with Gasteiger partial charge in [-0.25, -0.2) is 4.99 Å². The molecule has 0 aromatic heterocycles. The molecule has 1 aliphatic rings. The molecular weight excluding hydrogens is 490 g/mol. The van der Waals surface area contributed by atoms with Crippen molar-refractivity contribution in [3.63, 3.8) is 0 Å². The molecule has 1 fully saturated rings. The van der Waals surface area contributed by atoms with E-state index in [4.69, 9.17) is 4.74 Å². The van der Waals surface area contributed by atoms with Gasteiger partial charge in [-0.3, -0.25) is 4.79 Å². The minimum atomic E-state index is -4.41. The lowest BCUT2D eigenvalue weighted by molar-refractivity contribution is -0.157. The Morgan fingerprint density at radius 2 is 1.96 bits per heavy atom. The van der Waals surface area contributed by atoms with Gasteiger partial charge in [-0.1, -0.05) is 0 Å². The van der Waals surface area contributed by atoms with Crippen LogP contribution in [0.15, 0.2) is 4.99 Å². The number of nitrogens with zero attached hydrogens (tertiary/aromatic N) is 3. The first kappa shape index (κ1) is 27.2. The summed E-state index contributed by atoms with van der Waals surface area (Å²) < 4.78 is 42.1. The molecule has 0 aromatic carbocycles. The topological polar surface area (TPSA) is 69.2 Å². The van der Waals surface area contributed by atoms with E-state index in [1.54, 1.807) is 7.11 Å². The van der Waals surface area contributed by atoms with Crippen LogP contribution in [0.1, 0.15) is 26.2 Å². The minimum absolute atomic E-state index is 0. The Balaban J connectivity index is 0.00000729. The van der Waals surface area contributed by atoms with Gasteiger partial charge in [-0.15, -0.1) is 24.0 Å². The van der Waals surface area contributed by atoms with Gasteiger partial charge in [0.05, 0.1) is 0 Å². The number of carbonyl (C=O) groups excluding carboxylic acids is 1. The summed E-state index contributed by atoms with van der Waals surface area (Å²) >= 11 is 0. The smallest absolute Gasteiger partial charge is 0.385 e. The van der Waals surface area contributed by atoms with Crippen LogP contribution in [-0.2, 0) is 9.53 Å². The number of methoxy groups -OCH3 is 1. The quantitative estimate of drug-likeness (QED) is 0.209. The lowest BCUT2D eigenvalue weighted by atomic mass is 10.1. The zero-order chi connectivity index (χ0) is 20.3. The molecule has 1 aliphatic heterocycles. The van der Waals surface area contributed by atoms with E-state index in [9.17, 15) is 18.0 Å². The maximum Gasteiger partial charge on any atom is 0.406 e. The van der Waals surface area contributed by atoms with Gasteiger partial charge in [-0.05, 0) is 26.2 Å². The van der Waals surface area contributed by atoms with E-state index in [2.05, 4.69) is 20.5 Å². The molecule has 0 bridgehead atoms. The predicted octanol–water partition coefficient (Wildman–Crippen LogP) is 1.68. The number of rotatable bonds is 9. The van der Waals surface area contributed by atoms with Crippen molar-refractivity contribution in [2.24, 2.45) is 4.99 Å². The number of likely N-dealkylation sites (tertiary alicyclic amines) is 1. The second-order valence-electron chi connectivity index (χ2n) is 6.67. The first-order valence-electron chi connectivity index (χ1n) is 9.32. The van der Waals surface area contributed by atoms with Gasteiger partial charge in [0.1, 0.15) is 13.1 Å². The third-order valence-electron chi connectivity index (χ3n) is 4.31. The van der Waals surface area contributed by atoms with E-state index in [1.165, 1.54) is 0 Å². The summed E-state index contributed by atoms with van der Waals surface area (Å²) in [5.41, 5.74) is 0. The molecule has 166 valence electrons. The van der Waals surface area contributed by atoms with Crippen LogP contribution in [0.4, 0.5) is 13.2 Å². The van der Waals surface area contributed by atoms with Crippen LogP contribution in [0.25, 0.3) is 0 Å². The highest BCUT2D eigenvalue weighted by atomic mass is 127. The van der Waals surface area contributed by atoms with Gasteiger partial charge in [0.2, 0.25) is 5.91 Å². The molecule has 0 unspecified atom stereocenters. The van der Waals surface area contributed by atoms with Gasteiger partial charge < -0.3 is 25.2 Å². The first-order chi connectivity index (χ1) is 12.7. The second kappa shape index (κ2) is 14.2. The summed E-state index contributed by atoms with van der Waals surface area (Å²) in [6.07, 6.45) is -1.51. The molecule has 11 heteroatoms. The number of nitrogens with one attached hydrogen (secondary N) is 2. The average Bonchev–Trinajstić information content (AvgIpc) is 2.59. The van der Waals surface area contributed by atoms with Crippen molar-refractivity contribution < 1.29 is 22.7 Å². The molecule has 0 aromatic rings. The van der Waals surface area contributed by atoms with E-state index >= 15 is 0 Å². The number of likely N-dealkylation sites (N-methyl/N-ethyl adjacent to an activating group) is 1. The van der Waals surface area contributed by atoms with Crippen molar-refractivity contribution in [2.45, 2.75) is 38.4 Å². The Bertz CT molecular complexity index is 472. The number of hydrogen-bond donors (Lipinski definition) is 2. The molecule has 1 rings (SSSR count). The molecule has 7 nitrogen and oxygen atoms in total. The number of carbonyl (C=O) groups is 1. The predicted molar refractivity (Wildman–Crippen MR) is 114 cm³/mol. The Labute approximate surface area is 182 Å². The Hall–Kier alpha value is -0.820. The summed E-state index contributed by atoms with van der Waals surface area (Å²) in [5.74, 6) is -0.207. The maximum absolute atomic E-state index is 12.4. The fraction of sp³-hybridized carbons (Fsp3) is 0.882. The normalized spacial score (nSPS) is 16.4. The summed E-state index contributed by atoms with van der Waals surface area (Å²) in [6, 6.07) is 0.226. The number of guanidine groups is 1. The molecule has 1 heterocycles. The second-order valence-corrected chi connectivity index (χ2v) is 6.67. The van der Waals surface area contributed by atoms with Crippen molar-refractivity contribution in [1.82, 2.24) is 20.4 Å². The van der Waals surface area contributed by atoms with Crippen LogP contribution in [-0.4, -0.2) is 93.9 Å². The monoisotopic (exact) mass is 523 g/mol. The molecule has 0 saturated carbocycles. The van der Waals surface area contributed by atoms with Crippen LogP contribution in [0.2, 0.25) is 0 Å². The van der Waals surface area contributed by atoms with Crippen molar-refractivity contribution in [2.75, 3.05) is 60.0 Å². The third-order valence-corrected chi connectivity index (χ3v) is 4.31. The number of hydrogen-bond acceptors (Lipinski definition) is 4. The first-order valence-corrected chi connectivity index (χ1v) is 9.32. The SMILES string of the molecule is CCNC(=NCC(=O)N(C)CC(F)(F)F)NC1CCN(CCCOC)CC1.I. The third kappa shape index (κ3) is 11.9. The lowest BCUT2D eigenvalue weighted by Gasteiger charge is -2.33. The number of halogens is 4. The van der Waals surface area contributed by atoms with Gasteiger partial charge in [0.25, 0.3) is 0 Å². The fourth-order valence-electron chi connectivity index (χ4n) is 2.87. The Kier molecular flexibility index (Phi) is 13.8. The highest BCUT2D eigenvalue weighted by molar-refractivity contribution is 14.0. The van der Waals surface area contributed by atoms with Crippen LogP contribution < -0.4 is 10.6 Å². The molecular formula is C17H33F3IN5O2. The van der Waals surface area contributed by atoms with Gasteiger partial charge >= 0.3 is 6.18 Å². The van der Waals surface area contributed by atoms with E-state index in [-0.39, 0.29) is 36.6 Å². The largest absolute Gasteiger partial charge is 0.406 e. The minimum Gasteiger partial charge on any atom is -0.385 e. The Morgan fingerprint density at radius 1 is 1.32 bits per heavy atom. The summed E-state index contributed by atoms with van der Waals surface area (Å²) in [4.78, 5) is 19.0. The van der Waals surface area contributed by atoms with E-state index in [0.717, 1.165) is 52.6 Å². The van der Waals surface area contributed by atoms with Crippen molar-refractivity contribution in [1.29, 1.82) is 0 Å². The molecule has 28 heavy (non-hydrogen) atoms. The van der Waals surface area contributed by atoms with Crippen LogP contribution >= 0.6 is 24.0 Å². The van der Waals surface area contributed by atoms with Gasteiger partial charge in [-0.2, -0.15) is 13.2 Å². The molecule has 0 radical (unpaired) electrons. The molecule has 1 amide bonds. The van der Waals surface area contributed by atoms with Crippen molar-refractivity contribution >= 4 is 35.8 Å².